The van der Waals surface area contributed by atoms with Gasteiger partial charge in [-0.05, 0) is 62.1 Å². The van der Waals surface area contributed by atoms with Gasteiger partial charge in [0, 0.05) is 45.0 Å². The quantitative estimate of drug-likeness (QED) is 0.413. The van der Waals surface area contributed by atoms with Gasteiger partial charge in [0.15, 0.2) is 0 Å². The molecule has 3 aromatic carbocycles. The van der Waals surface area contributed by atoms with Gasteiger partial charge in [-0.2, -0.15) is 0 Å². The van der Waals surface area contributed by atoms with E-state index in [0.717, 1.165) is 43.5 Å². The van der Waals surface area contributed by atoms with Crippen LogP contribution < -0.4 is 9.64 Å². The van der Waals surface area contributed by atoms with E-state index in [2.05, 4.69) is 12.1 Å². The summed E-state index contributed by atoms with van der Waals surface area (Å²) in [7, 11) is 3.96. The Morgan fingerprint density at radius 3 is 2.36 bits per heavy atom. The van der Waals surface area contributed by atoms with Crippen LogP contribution in [0.1, 0.15) is 58.9 Å². The molecule has 0 bridgehead atoms. The molecule has 0 spiro atoms. The van der Waals surface area contributed by atoms with E-state index in [0.29, 0.717) is 43.0 Å². The van der Waals surface area contributed by atoms with Gasteiger partial charge >= 0.3 is 0 Å². The highest BCUT2D eigenvalue weighted by Crippen LogP contribution is 2.24. The molecule has 1 aliphatic heterocycles. The number of rotatable bonds is 5. The van der Waals surface area contributed by atoms with Gasteiger partial charge in [0.25, 0.3) is 11.8 Å². The zero-order valence-corrected chi connectivity index (χ0v) is 23.5. The van der Waals surface area contributed by atoms with Gasteiger partial charge in [-0.15, -0.1) is 0 Å². The third kappa shape index (κ3) is 7.41. The van der Waals surface area contributed by atoms with Crippen molar-refractivity contribution in [3.63, 3.8) is 0 Å². The first-order valence-electron chi connectivity index (χ1n) is 14.1. The molecule has 0 aliphatic carbocycles. The maximum Gasteiger partial charge on any atom is 0.257 e. The van der Waals surface area contributed by atoms with Gasteiger partial charge in [0.2, 0.25) is 0 Å². The highest BCUT2D eigenvalue weighted by atomic mass is 16.5. The standard InChI is InChI=1S/C33H41N3O3/c1-4-35-21-12-5-6-13-22-36(32(37)27-17-14-18-28(24-27)34(2)3)29(23-26-15-8-7-9-16-26)25-39-31-20-11-10-19-30(31)33(35)38/h7-11,14-20,24,29H,4-6,12-13,21-23,25H2,1-3H3/t29-/m0/s1. The number of amides is 2. The third-order valence-electron chi connectivity index (χ3n) is 7.42. The molecule has 206 valence electrons. The molecule has 3 aromatic rings. The summed E-state index contributed by atoms with van der Waals surface area (Å²) in [5, 5.41) is 0. The summed E-state index contributed by atoms with van der Waals surface area (Å²) >= 11 is 0. The fraction of sp³-hybridized carbons (Fsp3) is 0.394. The maximum absolute atomic E-state index is 14.1. The molecule has 0 N–H and O–H groups in total. The van der Waals surface area contributed by atoms with E-state index in [9.17, 15) is 9.59 Å². The minimum Gasteiger partial charge on any atom is -0.491 e. The lowest BCUT2D eigenvalue weighted by Crippen LogP contribution is -2.46. The summed E-state index contributed by atoms with van der Waals surface area (Å²) in [6.07, 6.45) is 4.53. The van der Waals surface area contributed by atoms with Gasteiger partial charge in [-0.3, -0.25) is 9.59 Å². The van der Waals surface area contributed by atoms with Crippen molar-refractivity contribution in [3.8, 4) is 5.75 Å². The Kier molecular flexibility index (Phi) is 10.0. The Bertz CT molecular complexity index is 1230. The van der Waals surface area contributed by atoms with E-state index >= 15 is 0 Å². The highest BCUT2D eigenvalue weighted by molar-refractivity contribution is 5.97. The number of nitrogens with zero attached hydrogens (tertiary/aromatic N) is 3. The average molecular weight is 528 g/mol. The Balaban J connectivity index is 1.70. The number of para-hydroxylation sites is 1. The van der Waals surface area contributed by atoms with Crippen LogP contribution in [-0.4, -0.2) is 68.0 Å². The van der Waals surface area contributed by atoms with Gasteiger partial charge in [-0.1, -0.05) is 61.4 Å². The van der Waals surface area contributed by atoms with Crippen molar-refractivity contribution in [3.05, 3.63) is 95.6 Å². The summed E-state index contributed by atoms with van der Waals surface area (Å²) in [5.41, 5.74) is 3.39. The lowest BCUT2D eigenvalue weighted by Gasteiger charge is -2.33. The third-order valence-corrected chi connectivity index (χ3v) is 7.42. The number of benzene rings is 3. The molecule has 1 heterocycles. The van der Waals surface area contributed by atoms with Crippen molar-refractivity contribution in [1.29, 1.82) is 0 Å². The Labute approximate surface area is 233 Å². The van der Waals surface area contributed by atoms with Gasteiger partial charge in [-0.25, -0.2) is 0 Å². The second kappa shape index (κ2) is 13.8. The molecule has 1 atom stereocenters. The normalized spacial score (nSPS) is 17.1. The molecular formula is C33H41N3O3. The van der Waals surface area contributed by atoms with Crippen LogP contribution in [0.2, 0.25) is 0 Å². The Hall–Kier alpha value is -3.80. The lowest BCUT2D eigenvalue weighted by molar-refractivity contribution is 0.0597. The van der Waals surface area contributed by atoms with E-state index in [1.54, 1.807) is 0 Å². The number of carbonyl (C=O) groups excluding carboxylic acids is 2. The van der Waals surface area contributed by atoms with Crippen LogP contribution in [0.4, 0.5) is 5.69 Å². The summed E-state index contributed by atoms with van der Waals surface area (Å²) in [4.78, 5) is 33.4. The van der Waals surface area contributed by atoms with Gasteiger partial charge < -0.3 is 19.4 Å². The van der Waals surface area contributed by atoms with Crippen molar-refractivity contribution in [2.24, 2.45) is 0 Å². The Morgan fingerprint density at radius 2 is 1.62 bits per heavy atom. The molecule has 0 saturated heterocycles. The van der Waals surface area contributed by atoms with Crippen molar-refractivity contribution in [1.82, 2.24) is 9.80 Å². The molecule has 0 fully saturated rings. The SMILES string of the molecule is CCN1CCCCCCN(C(=O)c2cccc(N(C)C)c2)[C@@H](Cc2ccccc2)COc2ccccc2C1=O. The van der Waals surface area contributed by atoms with Crippen molar-refractivity contribution in [2.45, 2.75) is 45.1 Å². The molecule has 0 aromatic heterocycles. The van der Waals surface area contributed by atoms with E-state index in [1.165, 1.54) is 0 Å². The zero-order chi connectivity index (χ0) is 27.6. The molecule has 0 unspecified atom stereocenters. The van der Waals surface area contributed by atoms with E-state index in [1.807, 2.05) is 102 Å². The molecule has 1 aliphatic rings. The molecule has 6 heteroatoms. The highest BCUT2D eigenvalue weighted by Gasteiger charge is 2.27. The predicted octanol–water partition coefficient (Wildman–Crippen LogP) is 5.92. The first-order chi connectivity index (χ1) is 19.0. The molecule has 0 saturated carbocycles. The van der Waals surface area contributed by atoms with E-state index < -0.39 is 0 Å². The smallest absolute Gasteiger partial charge is 0.257 e. The fourth-order valence-corrected chi connectivity index (χ4v) is 5.15. The minimum atomic E-state index is -0.198. The molecule has 39 heavy (non-hydrogen) atoms. The van der Waals surface area contributed by atoms with E-state index in [4.69, 9.17) is 4.74 Å². The minimum absolute atomic E-state index is 0.00167. The molecular weight excluding hydrogens is 486 g/mol. The van der Waals surface area contributed by atoms with Crippen LogP contribution in [0, 0.1) is 0 Å². The first kappa shape index (κ1) is 28.2. The summed E-state index contributed by atoms with van der Waals surface area (Å²) < 4.78 is 6.41. The summed E-state index contributed by atoms with van der Waals surface area (Å²) in [6.45, 7) is 4.36. The zero-order valence-electron chi connectivity index (χ0n) is 23.5. The second-order valence-corrected chi connectivity index (χ2v) is 10.4. The fourth-order valence-electron chi connectivity index (χ4n) is 5.15. The molecule has 0 radical (unpaired) electrons. The summed E-state index contributed by atoms with van der Waals surface area (Å²) in [6, 6.07) is 25.3. The number of ether oxygens (including phenoxy) is 1. The lowest BCUT2D eigenvalue weighted by atomic mass is 10.0. The van der Waals surface area contributed by atoms with Crippen LogP contribution in [0.3, 0.4) is 0 Å². The molecule has 2 amide bonds. The van der Waals surface area contributed by atoms with Crippen molar-refractivity contribution >= 4 is 17.5 Å². The second-order valence-electron chi connectivity index (χ2n) is 10.4. The average Bonchev–Trinajstić information content (AvgIpc) is 2.97. The van der Waals surface area contributed by atoms with Crippen LogP contribution in [0.5, 0.6) is 5.75 Å². The predicted molar refractivity (Wildman–Crippen MR) is 158 cm³/mol. The first-order valence-corrected chi connectivity index (χ1v) is 14.1. The van der Waals surface area contributed by atoms with Crippen LogP contribution in [0.25, 0.3) is 0 Å². The number of carbonyl (C=O) groups is 2. The topological polar surface area (TPSA) is 53.1 Å². The Morgan fingerprint density at radius 1 is 0.897 bits per heavy atom. The monoisotopic (exact) mass is 527 g/mol. The van der Waals surface area contributed by atoms with Crippen molar-refractivity contribution < 1.29 is 14.3 Å². The van der Waals surface area contributed by atoms with Crippen molar-refractivity contribution in [2.75, 3.05) is 45.2 Å². The van der Waals surface area contributed by atoms with E-state index in [-0.39, 0.29) is 17.9 Å². The number of fused-ring (bicyclic) bond motifs is 1. The van der Waals surface area contributed by atoms with Crippen LogP contribution in [0.15, 0.2) is 78.9 Å². The van der Waals surface area contributed by atoms with Gasteiger partial charge in [0.05, 0.1) is 11.6 Å². The largest absolute Gasteiger partial charge is 0.491 e. The maximum atomic E-state index is 14.1. The van der Waals surface area contributed by atoms with Crippen LogP contribution in [-0.2, 0) is 6.42 Å². The molecule has 4 rings (SSSR count). The number of anilines is 1. The molecule has 6 nitrogen and oxygen atoms in total. The number of hydrogen-bond acceptors (Lipinski definition) is 4. The van der Waals surface area contributed by atoms with Crippen LogP contribution >= 0.6 is 0 Å². The van der Waals surface area contributed by atoms with Gasteiger partial charge in [0.1, 0.15) is 12.4 Å². The number of hydrogen-bond donors (Lipinski definition) is 0. The summed E-state index contributed by atoms with van der Waals surface area (Å²) in [5.74, 6) is 0.577.